The summed E-state index contributed by atoms with van der Waals surface area (Å²) in [7, 11) is 0. The van der Waals surface area contributed by atoms with Crippen molar-refractivity contribution >= 4 is 22.7 Å². The Kier molecular flexibility index (Phi) is 4.48. The monoisotopic (exact) mass is 271 g/mol. The minimum Gasteiger partial charge on any atom is -0.399 e. The van der Waals surface area contributed by atoms with E-state index in [0.717, 1.165) is 11.4 Å². The van der Waals surface area contributed by atoms with Crippen LogP contribution in [0.2, 0.25) is 0 Å². The highest BCUT2D eigenvalue weighted by Gasteiger charge is 2.14. The molecule has 0 aliphatic heterocycles. The van der Waals surface area contributed by atoms with Gasteiger partial charge in [0.15, 0.2) is 0 Å². The molecule has 4 heteroatoms. The molecule has 4 N–H and O–H groups in total. The van der Waals surface area contributed by atoms with Crippen LogP contribution in [0.25, 0.3) is 0 Å². The third kappa shape index (κ3) is 3.03. The summed E-state index contributed by atoms with van der Waals surface area (Å²) in [5.41, 5.74) is 16.3. The SMILES string of the molecule is CCOCN(c1ccccc1C)c1ccc(N)cc1N. The molecule has 0 aliphatic carbocycles. The Hall–Kier alpha value is -2.20. The summed E-state index contributed by atoms with van der Waals surface area (Å²) in [4.78, 5) is 2.06. The van der Waals surface area contributed by atoms with Crippen LogP contribution in [-0.2, 0) is 4.74 Å². The maximum absolute atomic E-state index is 6.10. The molecule has 106 valence electrons. The standard InChI is InChI=1S/C16H21N3O/c1-3-20-11-19(15-7-5-4-6-12(15)2)16-9-8-13(17)10-14(16)18/h4-10H,3,11,17-18H2,1-2H3. The number of nitrogens with two attached hydrogens (primary N) is 2. The molecule has 0 atom stereocenters. The van der Waals surface area contributed by atoms with Gasteiger partial charge in [-0.3, -0.25) is 0 Å². The highest BCUT2D eigenvalue weighted by atomic mass is 16.5. The van der Waals surface area contributed by atoms with E-state index < -0.39 is 0 Å². The van der Waals surface area contributed by atoms with E-state index in [-0.39, 0.29) is 0 Å². The average molecular weight is 271 g/mol. The lowest BCUT2D eigenvalue weighted by atomic mass is 10.1. The molecule has 2 aromatic rings. The van der Waals surface area contributed by atoms with Crippen LogP contribution >= 0.6 is 0 Å². The van der Waals surface area contributed by atoms with E-state index in [2.05, 4.69) is 24.0 Å². The molecule has 0 aromatic heterocycles. The summed E-state index contributed by atoms with van der Waals surface area (Å²) in [6, 6.07) is 13.7. The number of aryl methyl sites for hydroxylation is 1. The van der Waals surface area contributed by atoms with E-state index >= 15 is 0 Å². The molecular formula is C16H21N3O. The van der Waals surface area contributed by atoms with Crippen LogP contribution in [-0.4, -0.2) is 13.3 Å². The predicted molar refractivity (Wildman–Crippen MR) is 85.1 cm³/mol. The van der Waals surface area contributed by atoms with Gasteiger partial charge in [-0.25, -0.2) is 0 Å². The lowest BCUT2D eigenvalue weighted by Crippen LogP contribution is -2.22. The number of ether oxygens (including phenoxy) is 1. The average Bonchev–Trinajstić information content (AvgIpc) is 2.42. The smallest absolute Gasteiger partial charge is 0.123 e. The molecule has 2 aromatic carbocycles. The van der Waals surface area contributed by atoms with Crippen LogP contribution in [0, 0.1) is 6.92 Å². The minimum absolute atomic E-state index is 0.454. The number of nitrogen functional groups attached to an aromatic ring is 2. The summed E-state index contributed by atoms with van der Waals surface area (Å²) >= 11 is 0. The number of nitrogens with zero attached hydrogens (tertiary/aromatic N) is 1. The number of para-hydroxylation sites is 1. The molecule has 4 nitrogen and oxygen atoms in total. The first-order valence-electron chi connectivity index (χ1n) is 6.69. The van der Waals surface area contributed by atoms with Crippen molar-refractivity contribution in [3.8, 4) is 0 Å². The summed E-state index contributed by atoms with van der Waals surface area (Å²) in [5.74, 6) is 0. The molecule has 0 spiro atoms. The van der Waals surface area contributed by atoms with Gasteiger partial charge in [0, 0.05) is 18.0 Å². The van der Waals surface area contributed by atoms with E-state index in [4.69, 9.17) is 16.2 Å². The fraction of sp³-hybridized carbons (Fsp3) is 0.250. The summed E-state index contributed by atoms with van der Waals surface area (Å²) in [6.07, 6.45) is 0. The van der Waals surface area contributed by atoms with Gasteiger partial charge in [-0.1, -0.05) is 18.2 Å². The van der Waals surface area contributed by atoms with Gasteiger partial charge in [0.05, 0.1) is 11.4 Å². The van der Waals surface area contributed by atoms with Crippen molar-refractivity contribution in [3.63, 3.8) is 0 Å². The van der Waals surface area contributed by atoms with E-state index in [1.54, 1.807) is 6.07 Å². The van der Waals surface area contributed by atoms with Crippen molar-refractivity contribution in [1.82, 2.24) is 0 Å². The summed E-state index contributed by atoms with van der Waals surface area (Å²) < 4.78 is 5.58. The molecule has 0 unspecified atom stereocenters. The Balaban J connectivity index is 2.44. The zero-order valence-electron chi connectivity index (χ0n) is 12.0. The van der Waals surface area contributed by atoms with Crippen molar-refractivity contribution in [1.29, 1.82) is 0 Å². The highest BCUT2D eigenvalue weighted by molar-refractivity contribution is 5.78. The van der Waals surface area contributed by atoms with Crippen molar-refractivity contribution in [2.45, 2.75) is 13.8 Å². The fourth-order valence-corrected chi connectivity index (χ4v) is 2.14. The van der Waals surface area contributed by atoms with Crippen LogP contribution < -0.4 is 16.4 Å². The normalized spacial score (nSPS) is 10.5. The molecule has 0 heterocycles. The van der Waals surface area contributed by atoms with Gasteiger partial charge in [0.25, 0.3) is 0 Å². The number of hydrogen-bond donors (Lipinski definition) is 2. The maximum Gasteiger partial charge on any atom is 0.123 e. The van der Waals surface area contributed by atoms with Crippen LogP contribution in [0.15, 0.2) is 42.5 Å². The van der Waals surface area contributed by atoms with Crippen LogP contribution in [0.3, 0.4) is 0 Å². The third-order valence-electron chi connectivity index (χ3n) is 3.17. The van der Waals surface area contributed by atoms with Gasteiger partial charge >= 0.3 is 0 Å². The second-order valence-electron chi connectivity index (χ2n) is 4.65. The molecule has 0 radical (unpaired) electrons. The van der Waals surface area contributed by atoms with Crippen LogP contribution in [0.4, 0.5) is 22.7 Å². The molecule has 0 amide bonds. The van der Waals surface area contributed by atoms with Crippen LogP contribution in [0.5, 0.6) is 0 Å². The van der Waals surface area contributed by atoms with Crippen molar-refractivity contribution in [3.05, 3.63) is 48.0 Å². The van der Waals surface area contributed by atoms with E-state index in [1.807, 2.05) is 31.2 Å². The molecule has 0 aliphatic rings. The lowest BCUT2D eigenvalue weighted by molar-refractivity contribution is 0.154. The van der Waals surface area contributed by atoms with Gasteiger partial charge in [0.2, 0.25) is 0 Å². The number of anilines is 4. The van der Waals surface area contributed by atoms with E-state index in [9.17, 15) is 0 Å². The van der Waals surface area contributed by atoms with E-state index in [0.29, 0.717) is 24.7 Å². The van der Waals surface area contributed by atoms with Crippen molar-refractivity contribution < 1.29 is 4.74 Å². The maximum atomic E-state index is 6.10. The van der Waals surface area contributed by atoms with Gasteiger partial charge < -0.3 is 21.1 Å². The Morgan fingerprint density at radius 1 is 1.05 bits per heavy atom. The topological polar surface area (TPSA) is 64.5 Å². The number of hydrogen-bond acceptors (Lipinski definition) is 4. The van der Waals surface area contributed by atoms with Gasteiger partial charge in [-0.15, -0.1) is 0 Å². The summed E-state index contributed by atoms with van der Waals surface area (Å²) in [6.45, 7) is 5.15. The van der Waals surface area contributed by atoms with E-state index in [1.165, 1.54) is 5.56 Å². The quantitative estimate of drug-likeness (QED) is 0.647. The molecule has 0 bridgehead atoms. The fourth-order valence-electron chi connectivity index (χ4n) is 2.14. The second kappa shape index (κ2) is 6.30. The van der Waals surface area contributed by atoms with Crippen LogP contribution in [0.1, 0.15) is 12.5 Å². The second-order valence-corrected chi connectivity index (χ2v) is 4.65. The molecule has 2 rings (SSSR count). The zero-order chi connectivity index (χ0) is 14.5. The van der Waals surface area contributed by atoms with Gasteiger partial charge in [-0.2, -0.15) is 0 Å². The van der Waals surface area contributed by atoms with Gasteiger partial charge in [-0.05, 0) is 43.7 Å². The Bertz CT molecular complexity index is 584. The number of rotatable bonds is 5. The summed E-state index contributed by atoms with van der Waals surface area (Å²) in [5, 5.41) is 0. The van der Waals surface area contributed by atoms with Gasteiger partial charge in [0.1, 0.15) is 6.73 Å². The Labute approximate surface area is 120 Å². The molecular weight excluding hydrogens is 250 g/mol. The Morgan fingerprint density at radius 2 is 1.80 bits per heavy atom. The minimum atomic E-state index is 0.454. The first-order valence-corrected chi connectivity index (χ1v) is 6.69. The van der Waals surface area contributed by atoms with Crippen molar-refractivity contribution in [2.24, 2.45) is 0 Å². The highest BCUT2D eigenvalue weighted by Crippen LogP contribution is 2.33. The largest absolute Gasteiger partial charge is 0.399 e. The molecule has 20 heavy (non-hydrogen) atoms. The predicted octanol–water partition coefficient (Wildman–Crippen LogP) is 3.29. The molecule has 0 fully saturated rings. The first kappa shape index (κ1) is 14.2. The third-order valence-corrected chi connectivity index (χ3v) is 3.17. The molecule has 0 saturated carbocycles. The number of benzene rings is 2. The first-order chi connectivity index (χ1) is 9.63. The molecule has 0 saturated heterocycles. The Morgan fingerprint density at radius 3 is 2.45 bits per heavy atom. The van der Waals surface area contributed by atoms with Crippen molar-refractivity contribution in [2.75, 3.05) is 29.7 Å². The lowest BCUT2D eigenvalue weighted by Gasteiger charge is -2.27. The zero-order valence-corrected chi connectivity index (χ0v) is 12.0.